The third-order valence-electron chi connectivity index (χ3n) is 2.67. The Morgan fingerprint density at radius 2 is 2.44 bits per heavy atom. The van der Waals surface area contributed by atoms with Crippen LogP contribution in [0.2, 0.25) is 0 Å². The Morgan fingerprint density at radius 3 is 3.06 bits per heavy atom. The summed E-state index contributed by atoms with van der Waals surface area (Å²) in [5.74, 6) is 1.98. The van der Waals surface area contributed by atoms with Gasteiger partial charge >= 0.3 is 0 Å². The smallest absolute Gasteiger partial charge is 0.252 e. The maximum absolute atomic E-state index is 11.4. The zero-order valence-corrected chi connectivity index (χ0v) is 9.36. The lowest BCUT2D eigenvalue weighted by molar-refractivity contribution is 0.244. The summed E-state index contributed by atoms with van der Waals surface area (Å²) in [5, 5.41) is 12.0. The highest BCUT2D eigenvalue weighted by Gasteiger charge is 2.26. The zero-order chi connectivity index (χ0) is 11.5. The van der Waals surface area contributed by atoms with Crippen LogP contribution in [0.1, 0.15) is 31.5 Å². The number of hydrogen-bond acceptors (Lipinski definition) is 4. The second kappa shape index (κ2) is 4.65. The van der Waals surface area contributed by atoms with E-state index in [-0.39, 0.29) is 18.1 Å². The van der Waals surface area contributed by atoms with Crippen LogP contribution in [0, 0.1) is 5.92 Å². The second-order valence-electron chi connectivity index (χ2n) is 4.46. The molecule has 2 rings (SSSR count). The first-order valence-corrected chi connectivity index (χ1v) is 5.65. The number of aromatic nitrogens is 2. The van der Waals surface area contributed by atoms with Gasteiger partial charge < -0.3 is 15.4 Å². The predicted molar refractivity (Wildman–Crippen MR) is 61.6 cm³/mol. The minimum atomic E-state index is -0.115. The largest absolute Gasteiger partial charge is 0.396 e. The number of hydrogen-bond donors (Lipinski definition) is 3. The third kappa shape index (κ3) is 2.82. The Balaban J connectivity index is 2.05. The van der Waals surface area contributed by atoms with E-state index in [1.807, 2.05) is 6.92 Å². The van der Waals surface area contributed by atoms with Gasteiger partial charge in [-0.2, -0.15) is 0 Å². The highest BCUT2D eigenvalue weighted by Crippen LogP contribution is 2.37. The summed E-state index contributed by atoms with van der Waals surface area (Å²) < 4.78 is 0. The van der Waals surface area contributed by atoms with Gasteiger partial charge in [0.15, 0.2) is 0 Å². The normalized spacial score (nSPS) is 17.1. The second-order valence-corrected chi connectivity index (χ2v) is 4.46. The van der Waals surface area contributed by atoms with Crippen LogP contribution in [0.15, 0.2) is 10.9 Å². The SMILES string of the molecule is CC(CO)CNc1cc(=O)[nH]c(C2CC2)n1. The molecule has 0 saturated heterocycles. The standard InChI is InChI=1S/C11H17N3O2/c1-7(6-15)5-12-9-4-10(16)14-11(13-9)8-2-3-8/h4,7-8,15H,2-3,5-6H2,1H3,(H2,12,13,14,16). The molecule has 1 fully saturated rings. The summed E-state index contributed by atoms with van der Waals surface area (Å²) in [7, 11) is 0. The first-order chi connectivity index (χ1) is 7.69. The molecule has 5 nitrogen and oxygen atoms in total. The van der Waals surface area contributed by atoms with E-state index >= 15 is 0 Å². The van der Waals surface area contributed by atoms with E-state index in [0.29, 0.717) is 18.3 Å². The number of rotatable bonds is 5. The third-order valence-corrected chi connectivity index (χ3v) is 2.67. The van der Waals surface area contributed by atoms with Crippen LogP contribution in [-0.2, 0) is 0 Å². The van der Waals surface area contributed by atoms with Crippen LogP contribution in [0.4, 0.5) is 5.82 Å². The molecule has 1 aromatic heterocycles. The Morgan fingerprint density at radius 1 is 1.69 bits per heavy atom. The molecule has 0 radical (unpaired) electrons. The molecule has 0 bridgehead atoms. The zero-order valence-electron chi connectivity index (χ0n) is 9.36. The van der Waals surface area contributed by atoms with Crippen LogP contribution in [-0.4, -0.2) is 28.2 Å². The van der Waals surface area contributed by atoms with E-state index in [9.17, 15) is 4.79 Å². The van der Waals surface area contributed by atoms with Gasteiger partial charge in [-0.1, -0.05) is 6.92 Å². The van der Waals surface area contributed by atoms with Crippen molar-refractivity contribution in [2.24, 2.45) is 5.92 Å². The summed E-state index contributed by atoms with van der Waals surface area (Å²) in [6.07, 6.45) is 2.22. The average molecular weight is 223 g/mol. The summed E-state index contributed by atoms with van der Waals surface area (Å²) in [4.78, 5) is 18.5. The molecule has 1 aliphatic carbocycles. The summed E-state index contributed by atoms with van der Waals surface area (Å²) in [5.41, 5.74) is -0.115. The predicted octanol–water partition coefficient (Wildman–Crippen LogP) is 0.688. The molecule has 0 spiro atoms. The molecule has 1 aromatic rings. The molecular formula is C11H17N3O2. The molecular weight excluding hydrogens is 206 g/mol. The Bertz CT molecular complexity index is 412. The lowest BCUT2D eigenvalue weighted by Crippen LogP contribution is -2.18. The summed E-state index contributed by atoms with van der Waals surface area (Å²) in [6.45, 7) is 2.69. The molecule has 88 valence electrons. The summed E-state index contributed by atoms with van der Waals surface area (Å²) in [6, 6.07) is 1.45. The summed E-state index contributed by atoms with van der Waals surface area (Å²) >= 11 is 0. The topological polar surface area (TPSA) is 78.0 Å². The number of nitrogens with one attached hydrogen (secondary N) is 2. The van der Waals surface area contributed by atoms with Crippen molar-refractivity contribution in [3.63, 3.8) is 0 Å². The van der Waals surface area contributed by atoms with Crippen molar-refractivity contribution in [3.8, 4) is 0 Å². The van der Waals surface area contributed by atoms with Crippen molar-refractivity contribution < 1.29 is 5.11 Å². The molecule has 0 amide bonds. The fourth-order valence-electron chi connectivity index (χ4n) is 1.46. The number of H-pyrrole nitrogens is 1. The van der Waals surface area contributed by atoms with Crippen LogP contribution in [0.5, 0.6) is 0 Å². The van der Waals surface area contributed by atoms with E-state index < -0.39 is 0 Å². The van der Waals surface area contributed by atoms with Crippen molar-refractivity contribution >= 4 is 5.82 Å². The molecule has 0 aromatic carbocycles. The van der Waals surface area contributed by atoms with Crippen molar-refractivity contribution in [3.05, 3.63) is 22.2 Å². The quantitative estimate of drug-likeness (QED) is 0.686. The molecule has 1 unspecified atom stereocenters. The average Bonchev–Trinajstić information content (AvgIpc) is 3.09. The number of aliphatic hydroxyl groups is 1. The van der Waals surface area contributed by atoms with Gasteiger partial charge in [-0.05, 0) is 18.8 Å². The lowest BCUT2D eigenvalue weighted by atomic mass is 10.2. The minimum absolute atomic E-state index is 0.115. The molecule has 1 saturated carbocycles. The van der Waals surface area contributed by atoms with Gasteiger partial charge in [-0.25, -0.2) is 4.98 Å². The van der Waals surface area contributed by atoms with Crippen LogP contribution >= 0.6 is 0 Å². The van der Waals surface area contributed by atoms with E-state index in [1.54, 1.807) is 0 Å². The van der Waals surface area contributed by atoms with Gasteiger partial charge in [0.2, 0.25) is 0 Å². The first kappa shape index (κ1) is 11.1. The van der Waals surface area contributed by atoms with E-state index in [0.717, 1.165) is 18.7 Å². The van der Waals surface area contributed by atoms with Crippen LogP contribution < -0.4 is 10.9 Å². The van der Waals surface area contributed by atoms with Gasteiger partial charge in [0.05, 0.1) is 0 Å². The molecule has 1 atom stereocenters. The Kier molecular flexibility index (Phi) is 3.24. The molecule has 0 aliphatic heterocycles. The highest BCUT2D eigenvalue weighted by atomic mass is 16.3. The number of aromatic amines is 1. The monoisotopic (exact) mass is 223 g/mol. The van der Waals surface area contributed by atoms with Crippen LogP contribution in [0.3, 0.4) is 0 Å². The fraction of sp³-hybridized carbons (Fsp3) is 0.636. The number of nitrogens with zero attached hydrogens (tertiary/aromatic N) is 1. The van der Waals surface area contributed by atoms with E-state index in [4.69, 9.17) is 5.11 Å². The van der Waals surface area contributed by atoms with Gasteiger partial charge in [-0.15, -0.1) is 0 Å². The van der Waals surface area contributed by atoms with E-state index in [2.05, 4.69) is 15.3 Å². The maximum atomic E-state index is 11.4. The molecule has 5 heteroatoms. The number of aliphatic hydroxyl groups excluding tert-OH is 1. The number of anilines is 1. The van der Waals surface area contributed by atoms with E-state index in [1.165, 1.54) is 6.07 Å². The lowest BCUT2D eigenvalue weighted by Gasteiger charge is -2.10. The Hall–Kier alpha value is -1.36. The van der Waals surface area contributed by atoms with Gasteiger partial charge in [0.25, 0.3) is 5.56 Å². The van der Waals surface area contributed by atoms with Crippen molar-refractivity contribution in [1.29, 1.82) is 0 Å². The molecule has 1 aliphatic rings. The van der Waals surface area contributed by atoms with Gasteiger partial charge in [0.1, 0.15) is 11.6 Å². The Labute approximate surface area is 93.9 Å². The molecule has 3 N–H and O–H groups in total. The molecule has 16 heavy (non-hydrogen) atoms. The maximum Gasteiger partial charge on any atom is 0.252 e. The highest BCUT2D eigenvalue weighted by molar-refractivity contribution is 5.33. The fourth-order valence-corrected chi connectivity index (χ4v) is 1.46. The first-order valence-electron chi connectivity index (χ1n) is 5.65. The minimum Gasteiger partial charge on any atom is -0.396 e. The van der Waals surface area contributed by atoms with Gasteiger partial charge in [0, 0.05) is 25.1 Å². The van der Waals surface area contributed by atoms with Crippen molar-refractivity contribution in [2.45, 2.75) is 25.7 Å². The van der Waals surface area contributed by atoms with Crippen LogP contribution in [0.25, 0.3) is 0 Å². The van der Waals surface area contributed by atoms with Gasteiger partial charge in [-0.3, -0.25) is 4.79 Å². The molecule has 1 heterocycles. The van der Waals surface area contributed by atoms with Crippen molar-refractivity contribution in [2.75, 3.05) is 18.5 Å². The van der Waals surface area contributed by atoms with Crippen molar-refractivity contribution in [1.82, 2.24) is 9.97 Å².